The van der Waals surface area contributed by atoms with Crippen molar-refractivity contribution in [3.63, 3.8) is 0 Å². The molecule has 2 aliphatic rings. The lowest BCUT2D eigenvalue weighted by molar-refractivity contribution is 0.321. The van der Waals surface area contributed by atoms with Crippen LogP contribution >= 0.6 is 0 Å². The van der Waals surface area contributed by atoms with E-state index in [1.54, 1.807) is 0 Å². The summed E-state index contributed by atoms with van der Waals surface area (Å²) in [5.41, 5.74) is 0. The van der Waals surface area contributed by atoms with Crippen LogP contribution in [0.25, 0.3) is 0 Å². The molecule has 0 aromatic heterocycles. The smallest absolute Gasteiger partial charge is 0.00696 e. The molecule has 1 nitrogen and oxygen atoms in total. The molecule has 0 radical (unpaired) electrons. The summed E-state index contributed by atoms with van der Waals surface area (Å²) in [5, 5.41) is 4.09. The van der Waals surface area contributed by atoms with Crippen molar-refractivity contribution in [2.75, 3.05) is 0 Å². The van der Waals surface area contributed by atoms with Crippen LogP contribution in [0.5, 0.6) is 0 Å². The van der Waals surface area contributed by atoms with Crippen LogP contribution in [0, 0.1) is 0 Å². The molecule has 0 bridgehead atoms. The van der Waals surface area contributed by atoms with Crippen molar-refractivity contribution in [1.29, 1.82) is 0 Å². The van der Waals surface area contributed by atoms with Crippen LogP contribution in [0.2, 0.25) is 0 Å². The maximum absolute atomic E-state index is 4.09. The summed E-state index contributed by atoms with van der Waals surface area (Å²) in [4.78, 5) is 0. The van der Waals surface area contributed by atoms with Crippen molar-refractivity contribution in [2.45, 2.75) is 128 Å². The second-order valence-corrected chi connectivity index (χ2v) is 7.66. The van der Waals surface area contributed by atoms with Gasteiger partial charge in [-0.2, -0.15) is 0 Å². The largest absolute Gasteiger partial charge is 0.311 e. The topological polar surface area (TPSA) is 12.0 Å². The van der Waals surface area contributed by atoms with Crippen molar-refractivity contribution in [2.24, 2.45) is 0 Å². The predicted molar refractivity (Wildman–Crippen MR) is 93.8 cm³/mol. The molecule has 124 valence electrons. The zero-order valence-corrected chi connectivity index (χ0v) is 14.4. The van der Waals surface area contributed by atoms with Gasteiger partial charge in [-0.15, -0.1) is 0 Å². The van der Waals surface area contributed by atoms with Crippen LogP contribution < -0.4 is 5.32 Å². The van der Waals surface area contributed by atoms with Crippen molar-refractivity contribution >= 4 is 0 Å². The van der Waals surface area contributed by atoms with Gasteiger partial charge in [0.05, 0.1) is 0 Å². The second kappa shape index (κ2) is 11.5. The molecule has 0 spiro atoms. The summed E-state index contributed by atoms with van der Waals surface area (Å²) < 4.78 is 0. The van der Waals surface area contributed by atoms with E-state index in [1.165, 1.54) is 116 Å². The standard InChI is InChI=1S/C20H39N/c1-3-7-11-15-19(16-12-8-4-1)21-20-17-13-9-5-2-6-10-14-18-20/h19-21H,1-18H2. The van der Waals surface area contributed by atoms with Gasteiger partial charge >= 0.3 is 0 Å². The molecule has 0 heterocycles. The SMILES string of the molecule is C1CCCCC(NC2CCCCCCCCC2)CCCC1. The van der Waals surface area contributed by atoms with Gasteiger partial charge < -0.3 is 5.32 Å². The zero-order valence-electron chi connectivity index (χ0n) is 14.4. The first-order valence-electron chi connectivity index (χ1n) is 10.2. The van der Waals surface area contributed by atoms with Gasteiger partial charge in [-0.25, -0.2) is 0 Å². The molecule has 0 unspecified atom stereocenters. The molecular formula is C20H39N. The van der Waals surface area contributed by atoms with E-state index in [-0.39, 0.29) is 0 Å². The van der Waals surface area contributed by atoms with Crippen molar-refractivity contribution in [1.82, 2.24) is 5.32 Å². The maximum atomic E-state index is 4.09. The van der Waals surface area contributed by atoms with Gasteiger partial charge in [-0.05, 0) is 25.7 Å². The highest BCUT2D eigenvalue weighted by molar-refractivity contribution is 4.76. The van der Waals surface area contributed by atoms with E-state index in [9.17, 15) is 0 Å². The van der Waals surface area contributed by atoms with Gasteiger partial charge in [0.25, 0.3) is 0 Å². The molecule has 0 aliphatic heterocycles. The fourth-order valence-electron chi connectivity index (χ4n) is 4.29. The molecule has 2 saturated carbocycles. The molecule has 2 rings (SSSR count). The van der Waals surface area contributed by atoms with Crippen molar-refractivity contribution < 1.29 is 0 Å². The maximum Gasteiger partial charge on any atom is 0.00696 e. The third-order valence-electron chi connectivity index (χ3n) is 5.68. The van der Waals surface area contributed by atoms with Crippen molar-refractivity contribution in [3.05, 3.63) is 0 Å². The van der Waals surface area contributed by atoms with Gasteiger partial charge in [0, 0.05) is 12.1 Å². The molecule has 0 atom stereocenters. The third kappa shape index (κ3) is 8.24. The highest BCUT2D eigenvalue weighted by Crippen LogP contribution is 2.21. The van der Waals surface area contributed by atoms with Gasteiger partial charge in [0.1, 0.15) is 0 Å². The molecule has 2 aliphatic carbocycles. The summed E-state index contributed by atoms with van der Waals surface area (Å²) in [5.74, 6) is 0. The fraction of sp³-hybridized carbons (Fsp3) is 1.00. The van der Waals surface area contributed by atoms with Crippen LogP contribution in [-0.2, 0) is 0 Å². The lowest BCUT2D eigenvalue weighted by Gasteiger charge is -2.27. The Morgan fingerprint density at radius 2 is 0.571 bits per heavy atom. The van der Waals surface area contributed by atoms with Gasteiger partial charge in [0.15, 0.2) is 0 Å². The summed E-state index contributed by atoms with van der Waals surface area (Å²) in [6.07, 6.45) is 26.4. The molecule has 1 N–H and O–H groups in total. The fourth-order valence-corrected chi connectivity index (χ4v) is 4.29. The first-order valence-corrected chi connectivity index (χ1v) is 10.2. The quantitative estimate of drug-likeness (QED) is 0.624. The normalized spacial score (nSPS) is 26.3. The molecule has 21 heavy (non-hydrogen) atoms. The summed E-state index contributed by atoms with van der Waals surface area (Å²) >= 11 is 0. The van der Waals surface area contributed by atoms with Crippen LogP contribution in [0.3, 0.4) is 0 Å². The van der Waals surface area contributed by atoms with Gasteiger partial charge in [0.2, 0.25) is 0 Å². The van der Waals surface area contributed by atoms with Gasteiger partial charge in [-0.3, -0.25) is 0 Å². The summed E-state index contributed by atoms with van der Waals surface area (Å²) in [6, 6.07) is 1.66. The lowest BCUT2D eigenvalue weighted by Crippen LogP contribution is -2.38. The molecule has 2 fully saturated rings. The molecule has 0 aromatic rings. The minimum atomic E-state index is 0.830. The van der Waals surface area contributed by atoms with E-state index in [2.05, 4.69) is 5.32 Å². The number of hydrogen-bond donors (Lipinski definition) is 1. The Kier molecular flexibility index (Phi) is 9.50. The monoisotopic (exact) mass is 293 g/mol. The second-order valence-electron chi connectivity index (χ2n) is 7.66. The number of hydrogen-bond acceptors (Lipinski definition) is 1. The number of rotatable bonds is 2. The van der Waals surface area contributed by atoms with Crippen LogP contribution in [0.15, 0.2) is 0 Å². The third-order valence-corrected chi connectivity index (χ3v) is 5.68. The molecular weight excluding hydrogens is 254 g/mol. The first-order chi connectivity index (χ1) is 10.4. The minimum Gasteiger partial charge on any atom is -0.311 e. The Bertz CT molecular complexity index is 194. The van der Waals surface area contributed by atoms with E-state index in [0.717, 1.165) is 12.1 Å². The van der Waals surface area contributed by atoms with E-state index in [4.69, 9.17) is 0 Å². The highest BCUT2D eigenvalue weighted by Gasteiger charge is 2.16. The Morgan fingerprint density at radius 3 is 0.857 bits per heavy atom. The minimum absolute atomic E-state index is 0.830. The van der Waals surface area contributed by atoms with E-state index in [1.807, 2.05) is 0 Å². The number of nitrogens with one attached hydrogen (secondary N) is 1. The molecule has 0 amide bonds. The van der Waals surface area contributed by atoms with E-state index >= 15 is 0 Å². The summed E-state index contributed by atoms with van der Waals surface area (Å²) in [6.45, 7) is 0. The van der Waals surface area contributed by atoms with Crippen LogP contribution in [0.1, 0.15) is 116 Å². The summed E-state index contributed by atoms with van der Waals surface area (Å²) in [7, 11) is 0. The first kappa shape index (κ1) is 17.3. The highest BCUT2D eigenvalue weighted by atomic mass is 14.9. The van der Waals surface area contributed by atoms with Crippen LogP contribution in [-0.4, -0.2) is 12.1 Å². The Balaban J connectivity index is 1.74. The van der Waals surface area contributed by atoms with E-state index < -0.39 is 0 Å². The molecule has 1 heteroatoms. The molecule has 0 aromatic carbocycles. The van der Waals surface area contributed by atoms with Crippen LogP contribution in [0.4, 0.5) is 0 Å². The lowest BCUT2D eigenvalue weighted by atomic mass is 9.94. The average molecular weight is 294 g/mol. The predicted octanol–water partition coefficient (Wildman–Crippen LogP) is 6.36. The van der Waals surface area contributed by atoms with E-state index in [0.29, 0.717) is 0 Å². The van der Waals surface area contributed by atoms with Crippen molar-refractivity contribution in [3.8, 4) is 0 Å². The Labute approximate surface area is 133 Å². The zero-order chi connectivity index (χ0) is 14.6. The Hall–Kier alpha value is -0.0400. The average Bonchev–Trinajstić information content (AvgIpc) is 2.52. The van der Waals surface area contributed by atoms with Gasteiger partial charge in [-0.1, -0.05) is 89.9 Å². The Morgan fingerprint density at radius 1 is 0.333 bits per heavy atom. The molecule has 0 saturated heterocycles.